The maximum Gasteiger partial charge on any atom is 0.573 e. The number of hydrogen-bond acceptors (Lipinski definition) is 7. The lowest BCUT2D eigenvalue weighted by Crippen LogP contribution is -2.33. The zero-order chi connectivity index (χ0) is 33.5. The van der Waals surface area contributed by atoms with Gasteiger partial charge in [0.2, 0.25) is 6.16 Å². The fourth-order valence-corrected chi connectivity index (χ4v) is 7.23. The lowest BCUT2D eigenvalue weighted by molar-refractivity contribution is -0.274. The average Bonchev–Trinajstić information content (AvgIpc) is 3.49. The minimum Gasteiger partial charge on any atom is -0.489 e. The number of halogens is 3. The fraction of sp³-hybridized carbons (Fsp3) is 0.351. The van der Waals surface area contributed by atoms with Crippen LogP contribution in [0, 0.1) is 5.92 Å². The van der Waals surface area contributed by atoms with Gasteiger partial charge in [-0.25, -0.2) is 0 Å². The standard InChI is InChI=1S/C37H40F3N3O4P/c1-2-46-48(44)25-29-7-5-6-28(20-29)24-45-35-9-4-3-8-31(35)21-26-16-18-43(19-17-26)23-27-10-15-33-34(22-27)42-36(41-33)30-11-13-32(14-12-30)47-37(38,39)40/h3-15,20,22,26,36,41-42H,2,16-19,21,23-25H2,1H3/q+1. The highest BCUT2D eigenvalue weighted by molar-refractivity contribution is 7.38. The van der Waals surface area contributed by atoms with Crippen LogP contribution in [0.25, 0.3) is 0 Å². The molecule has 1 saturated heterocycles. The van der Waals surface area contributed by atoms with Crippen LogP contribution in [0.5, 0.6) is 11.5 Å². The number of hydrogen-bond donors (Lipinski definition) is 2. The number of fused-ring (bicyclic) bond motifs is 1. The van der Waals surface area contributed by atoms with Crippen LogP contribution in [0.2, 0.25) is 0 Å². The summed E-state index contributed by atoms with van der Waals surface area (Å²) >= 11 is 0. The summed E-state index contributed by atoms with van der Waals surface area (Å²) in [4.78, 5) is 2.49. The summed E-state index contributed by atoms with van der Waals surface area (Å²) < 4.78 is 65.1. The number of alkyl halides is 3. The Labute approximate surface area is 280 Å². The summed E-state index contributed by atoms with van der Waals surface area (Å²) in [5.74, 6) is 1.25. The molecule has 2 unspecified atom stereocenters. The Kier molecular flexibility index (Phi) is 10.8. The molecule has 48 heavy (non-hydrogen) atoms. The van der Waals surface area contributed by atoms with Crippen molar-refractivity contribution in [1.82, 2.24) is 4.90 Å². The van der Waals surface area contributed by atoms with Gasteiger partial charge in [0.15, 0.2) is 0 Å². The van der Waals surface area contributed by atoms with Gasteiger partial charge in [-0.2, -0.15) is 0 Å². The molecule has 0 aliphatic carbocycles. The highest BCUT2D eigenvalue weighted by Crippen LogP contribution is 2.37. The minimum absolute atomic E-state index is 0.235. The van der Waals surface area contributed by atoms with Gasteiger partial charge in [0, 0.05) is 12.1 Å². The monoisotopic (exact) mass is 678 g/mol. The Morgan fingerprint density at radius 3 is 2.38 bits per heavy atom. The number of likely N-dealkylation sites (tertiary alicyclic amines) is 1. The van der Waals surface area contributed by atoms with E-state index in [1.54, 1.807) is 12.1 Å². The van der Waals surface area contributed by atoms with Crippen LogP contribution in [0.1, 0.15) is 53.7 Å². The van der Waals surface area contributed by atoms with Crippen molar-refractivity contribution >= 4 is 19.4 Å². The largest absolute Gasteiger partial charge is 0.573 e. The molecule has 6 rings (SSSR count). The van der Waals surface area contributed by atoms with E-state index in [0.717, 1.165) is 72.7 Å². The summed E-state index contributed by atoms with van der Waals surface area (Å²) in [6.07, 6.45) is -1.36. The van der Waals surface area contributed by atoms with Gasteiger partial charge in [-0.1, -0.05) is 54.6 Å². The molecule has 252 valence electrons. The molecule has 2 aliphatic rings. The van der Waals surface area contributed by atoms with Crippen LogP contribution in [-0.4, -0.2) is 31.0 Å². The van der Waals surface area contributed by atoms with Crippen molar-refractivity contribution in [3.8, 4) is 11.5 Å². The fourth-order valence-electron chi connectivity index (χ4n) is 6.36. The quantitative estimate of drug-likeness (QED) is 0.137. The molecule has 2 N–H and O–H groups in total. The van der Waals surface area contributed by atoms with E-state index in [-0.39, 0.29) is 11.9 Å². The number of piperidine rings is 1. The summed E-state index contributed by atoms with van der Waals surface area (Å²) in [5, 5.41) is 6.85. The Hall–Kier alpha value is -4.11. The van der Waals surface area contributed by atoms with E-state index in [2.05, 4.69) is 50.6 Å². The zero-order valence-corrected chi connectivity index (χ0v) is 27.7. The molecule has 0 spiro atoms. The maximum atomic E-state index is 12.5. The van der Waals surface area contributed by atoms with Crippen molar-refractivity contribution in [2.75, 3.05) is 30.3 Å². The van der Waals surface area contributed by atoms with Crippen molar-refractivity contribution in [3.05, 3.63) is 119 Å². The molecule has 4 aromatic rings. The molecule has 11 heteroatoms. The van der Waals surface area contributed by atoms with E-state index in [4.69, 9.17) is 9.26 Å². The highest BCUT2D eigenvalue weighted by Gasteiger charge is 2.31. The number of ether oxygens (including phenoxy) is 2. The predicted molar refractivity (Wildman–Crippen MR) is 181 cm³/mol. The van der Waals surface area contributed by atoms with E-state index in [1.165, 1.54) is 23.3 Å². The summed E-state index contributed by atoms with van der Waals surface area (Å²) in [5.41, 5.74) is 7.21. The van der Waals surface area contributed by atoms with E-state index in [0.29, 0.717) is 25.3 Å². The van der Waals surface area contributed by atoms with Crippen molar-refractivity contribution in [2.45, 2.75) is 58.0 Å². The number of nitrogens with one attached hydrogen (secondary N) is 2. The molecule has 2 heterocycles. The van der Waals surface area contributed by atoms with Gasteiger partial charge in [-0.05, 0) is 108 Å². The number of nitrogens with zero attached hydrogens (tertiary/aromatic N) is 1. The zero-order valence-electron chi connectivity index (χ0n) is 26.8. The van der Waals surface area contributed by atoms with Gasteiger partial charge >= 0.3 is 14.4 Å². The molecular formula is C37H40F3N3O4P+. The smallest absolute Gasteiger partial charge is 0.489 e. The van der Waals surface area contributed by atoms with E-state index in [9.17, 15) is 17.7 Å². The van der Waals surface area contributed by atoms with E-state index in [1.807, 2.05) is 43.3 Å². The molecule has 0 saturated carbocycles. The number of benzene rings is 4. The molecule has 4 aromatic carbocycles. The molecular weight excluding hydrogens is 638 g/mol. The third kappa shape index (κ3) is 9.28. The van der Waals surface area contributed by atoms with Crippen LogP contribution >= 0.6 is 8.03 Å². The van der Waals surface area contributed by atoms with Crippen molar-refractivity contribution in [1.29, 1.82) is 0 Å². The number of rotatable bonds is 13. The normalized spacial score (nSPS) is 16.9. The summed E-state index contributed by atoms with van der Waals surface area (Å²) in [6, 6.07) is 28.5. The Morgan fingerprint density at radius 2 is 1.60 bits per heavy atom. The minimum atomic E-state index is -4.71. The van der Waals surface area contributed by atoms with Crippen LogP contribution in [-0.2, 0) is 34.8 Å². The van der Waals surface area contributed by atoms with Crippen molar-refractivity contribution < 1.29 is 31.7 Å². The molecule has 0 amide bonds. The molecule has 0 bridgehead atoms. The Bertz CT molecular complexity index is 1690. The second-order valence-electron chi connectivity index (χ2n) is 12.3. The second-order valence-corrected chi connectivity index (χ2v) is 13.5. The first-order valence-electron chi connectivity index (χ1n) is 16.3. The third-order valence-electron chi connectivity index (χ3n) is 8.70. The lowest BCUT2D eigenvalue weighted by atomic mass is 9.89. The van der Waals surface area contributed by atoms with Crippen LogP contribution < -0.4 is 20.1 Å². The van der Waals surface area contributed by atoms with Crippen molar-refractivity contribution in [3.63, 3.8) is 0 Å². The Morgan fingerprint density at radius 1 is 0.854 bits per heavy atom. The molecule has 0 radical (unpaired) electrons. The lowest BCUT2D eigenvalue weighted by Gasteiger charge is -2.32. The average molecular weight is 679 g/mol. The molecule has 2 aliphatic heterocycles. The highest BCUT2D eigenvalue weighted by atomic mass is 31.1. The first-order valence-corrected chi connectivity index (χ1v) is 17.7. The molecule has 1 fully saturated rings. The first-order chi connectivity index (χ1) is 23.2. The number of para-hydroxylation sites is 1. The van der Waals surface area contributed by atoms with Gasteiger partial charge in [0.25, 0.3) is 0 Å². The second kappa shape index (κ2) is 15.4. The summed E-state index contributed by atoms with van der Waals surface area (Å²) in [7, 11) is -1.70. The number of anilines is 2. The van der Waals surface area contributed by atoms with Gasteiger partial charge < -0.3 is 20.1 Å². The van der Waals surface area contributed by atoms with E-state index < -0.39 is 14.4 Å². The molecule has 0 aromatic heterocycles. The van der Waals surface area contributed by atoms with Gasteiger partial charge in [-0.15, -0.1) is 17.7 Å². The van der Waals surface area contributed by atoms with Gasteiger partial charge in [0.05, 0.1) is 18.0 Å². The third-order valence-corrected chi connectivity index (χ3v) is 9.87. The van der Waals surface area contributed by atoms with Gasteiger partial charge in [0.1, 0.15) is 24.3 Å². The molecule has 7 nitrogen and oxygen atoms in total. The first kappa shape index (κ1) is 33.8. The predicted octanol–water partition coefficient (Wildman–Crippen LogP) is 9.43. The Balaban J connectivity index is 0.977. The maximum absolute atomic E-state index is 12.5. The van der Waals surface area contributed by atoms with E-state index >= 15 is 0 Å². The van der Waals surface area contributed by atoms with Crippen LogP contribution in [0.15, 0.2) is 91.0 Å². The molecule has 2 atom stereocenters. The summed E-state index contributed by atoms with van der Waals surface area (Å²) in [6.45, 7) is 5.62. The van der Waals surface area contributed by atoms with Gasteiger partial charge in [-0.3, -0.25) is 4.90 Å². The SMILES string of the molecule is CCO[P+](=O)Cc1cccc(COc2ccccc2CC2CCN(Cc3ccc4c(c3)NC(c3ccc(OC(F)(F)F)cc3)N4)CC2)c1. The van der Waals surface area contributed by atoms with Crippen molar-refractivity contribution in [2.24, 2.45) is 5.92 Å². The van der Waals surface area contributed by atoms with Crippen LogP contribution in [0.4, 0.5) is 24.5 Å². The van der Waals surface area contributed by atoms with Crippen LogP contribution in [0.3, 0.4) is 0 Å². The topological polar surface area (TPSA) is 72.1 Å².